The monoisotopic (exact) mass is 574 g/mol. The highest BCUT2D eigenvalue weighted by molar-refractivity contribution is 6.70. The van der Waals surface area contributed by atoms with Gasteiger partial charge in [-0.2, -0.15) is 5.26 Å². The number of fused-ring (bicyclic) bond motifs is 1. The van der Waals surface area contributed by atoms with Crippen LogP contribution in [0.2, 0.25) is 11.8 Å². The molecule has 3 aromatic rings. The van der Waals surface area contributed by atoms with Crippen molar-refractivity contribution in [2.24, 2.45) is 0 Å². The van der Waals surface area contributed by atoms with E-state index in [1.165, 1.54) is 27.5 Å². The van der Waals surface area contributed by atoms with Gasteiger partial charge < -0.3 is 34.6 Å². The van der Waals surface area contributed by atoms with E-state index in [1.54, 1.807) is 36.1 Å². The van der Waals surface area contributed by atoms with Crippen LogP contribution in [0.3, 0.4) is 0 Å². The lowest BCUT2D eigenvalue weighted by molar-refractivity contribution is -0.146. The highest BCUT2D eigenvalue weighted by Crippen LogP contribution is 2.44. The fourth-order valence-corrected chi connectivity index (χ4v) is 4.82. The lowest BCUT2D eigenvalue weighted by Gasteiger charge is -2.26. The lowest BCUT2D eigenvalue weighted by atomic mass is 9.83. The van der Waals surface area contributed by atoms with E-state index in [9.17, 15) is 19.9 Å². The van der Waals surface area contributed by atoms with Crippen LogP contribution in [0.15, 0.2) is 36.7 Å². The maximum absolute atomic E-state index is 12.6. The van der Waals surface area contributed by atoms with Crippen molar-refractivity contribution in [3.63, 3.8) is 0 Å². The largest absolute Gasteiger partial charge is 0.480 e. The number of rotatable bonds is 11. The average Bonchev–Trinajstić information content (AvgIpc) is 3.23. The van der Waals surface area contributed by atoms with E-state index in [-0.39, 0.29) is 12.6 Å². The molecule has 1 aliphatic heterocycles. The van der Waals surface area contributed by atoms with Crippen LogP contribution >= 0.6 is 11.6 Å². The molecule has 209 valence electrons. The number of esters is 1. The van der Waals surface area contributed by atoms with Crippen LogP contribution in [0.4, 0.5) is 17.3 Å². The zero-order valence-electron chi connectivity index (χ0n) is 22.9. The molecule has 2 atom stereocenters. The third kappa shape index (κ3) is 6.59. The van der Waals surface area contributed by atoms with E-state index in [0.717, 1.165) is 0 Å². The van der Waals surface area contributed by atoms with Gasteiger partial charge in [-0.1, -0.05) is 18.5 Å². The maximum Gasteiger partial charge on any atom is 0.374 e. The molecular formula is C26H27B2ClN7O5. The number of nitriles is 1. The molecule has 3 N–H and O–H groups in total. The Balaban J connectivity index is 1.70. The zero-order chi connectivity index (χ0) is 29.7. The number of halogens is 1. The molecule has 41 heavy (non-hydrogen) atoms. The highest BCUT2D eigenvalue weighted by Gasteiger charge is 2.42. The summed E-state index contributed by atoms with van der Waals surface area (Å²) in [5.74, 6) is 0.0131. The van der Waals surface area contributed by atoms with E-state index >= 15 is 0 Å². The minimum Gasteiger partial charge on any atom is -0.480 e. The Kier molecular flexibility index (Phi) is 9.12. The summed E-state index contributed by atoms with van der Waals surface area (Å²) in [6.45, 7) is 5.25. The minimum atomic E-state index is -0.887. The number of carbonyl (C=O) groups is 2. The van der Waals surface area contributed by atoms with Crippen molar-refractivity contribution in [1.82, 2.24) is 20.2 Å². The summed E-state index contributed by atoms with van der Waals surface area (Å²) >= 11 is 6.10. The van der Waals surface area contributed by atoms with Gasteiger partial charge in [0.2, 0.25) is 11.8 Å². The molecule has 0 fully saturated rings. The van der Waals surface area contributed by atoms with Crippen molar-refractivity contribution in [3.8, 4) is 23.2 Å². The standard InChI is InChI=1S/C26H27B2ClN7O5/c1-15(35-28(3)39)24(38)41-13-26(2)12-36(27-14-37)22-17(10-30)7-16(8-19(22)26)20-5-6-31-25(33-20)34-21-9-18(29)11-32-23(21)40-4/h5-9,11,14-15,35,39H,12-13H2,1-4H3,(H,31,33,34)/t15-,26-/m0/s1. The van der Waals surface area contributed by atoms with Gasteiger partial charge >= 0.3 is 20.4 Å². The Morgan fingerprint density at radius 1 is 1.41 bits per heavy atom. The molecular weight excluding hydrogens is 547 g/mol. The first kappa shape index (κ1) is 29.8. The maximum atomic E-state index is 12.6. The first-order chi connectivity index (χ1) is 19.6. The van der Waals surface area contributed by atoms with Crippen molar-refractivity contribution in [3.05, 3.63) is 52.8 Å². The highest BCUT2D eigenvalue weighted by atomic mass is 35.5. The number of nitrogens with one attached hydrogen (secondary N) is 2. The van der Waals surface area contributed by atoms with Gasteiger partial charge in [0.25, 0.3) is 0 Å². The Hall–Kier alpha value is -4.18. The van der Waals surface area contributed by atoms with E-state index in [2.05, 4.69) is 31.6 Å². The molecule has 0 bridgehead atoms. The smallest absolute Gasteiger partial charge is 0.374 e. The topological polar surface area (TPSA) is 163 Å². The fraction of sp³-hybridized carbons (Fsp3) is 0.308. The van der Waals surface area contributed by atoms with Crippen LogP contribution in [-0.2, 0) is 19.7 Å². The van der Waals surface area contributed by atoms with Crippen molar-refractivity contribution in [1.29, 1.82) is 5.26 Å². The molecule has 0 aliphatic carbocycles. The molecule has 0 saturated carbocycles. The van der Waals surface area contributed by atoms with E-state index in [0.29, 0.717) is 57.4 Å². The van der Waals surface area contributed by atoms with Gasteiger partial charge in [-0.05, 0) is 43.6 Å². The molecule has 3 heterocycles. The quantitative estimate of drug-likeness (QED) is 0.174. The van der Waals surface area contributed by atoms with E-state index in [4.69, 9.17) is 21.1 Å². The predicted octanol–water partition coefficient (Wildman–Crippen LogP) is 2.33. The summed E-state index contributed by atoms with van der Waals surface area (Å²) in [4.78, 5) is 38.8. The third-order valence-corrected chi connectivity index (χ3v) is 6.72. The number of aromatic nitrogens is 3. The first-order valence-corrected chi connectivity index (χ1v) is 13.0. The first-order valence-electron chi connectivity index (χ1n) is 12.6. The molecule has 1 aliphatic rings. The molecule has 0 unspecified atom stereocenters. The molecule has 1 radical (unpaired) electrons. The van der Waals surface area contributed by atoms with Gasteiger partial charge in [-0.25, -0.2) is 15.0 Å². The van der Waals surface area contributed by atoms with Gasteiger partial charge in [-0.3, -0.25) is 4.79 Å². The second kappa shape index (κ2) is 12.6. The SMILES string of the molecule is COc1ncc(Cl)cc1Nc1nccc(-c2cc(C#N)c3c(c2)[C@](C)(COC(=O)[C@H](C)NB(C)O)CN3[B]C=O)n1. The molecule has 4 rings (SSSR count). The van der Waals surface area contributed by atoms with Crippen LogP contribution in [0, 0.1) is 11.3 Å². The van der Waals surface area contributed by atoms with Gasteiger partial charge in [0.05, 0.1) is 29.4 Å². The second-order valence-corrected chi connectivity index (χ2v) is 10.2. The summed E-state index contributed by atoms with van der Waals surface area (Å²) in [6.07, 6.45) is 3.67. The predicted molar refractivity (Wildman–Crippen MR) is 156 cm³/mol. The molecule has 0 saturated heterocycles. The van der Waals surface area contributed by atoms with Crippen molar-refractivity contribution >= 4 is 55.5 Å². The van der Waals surface area contributed by atoms with Crippen LogP contribution < -0.4 is 20.1 Å². The number of pyridine rings is 1. The van der Waals surface area contributed by atoms with Crippen LogP contribution in [0.25, 0.3) is 11.3 Å². The molecule has 15 heteroatoms. The number of hydrogen-bond donors (Lipinski definition) is 3. The Labute approximate surface area is 243 Å². The second-order valence-electron chi connectivity index (χ2n) is 9.78. The van der Waals surface area contributed by atoms with E-state index in [1.807, 2.05) is 13.0 Å². The van der Waals surface area contributed by atoms with Crippen LogP contribution in [-0.4, -0.2) is 72.9 Å². The molecule has 0 spiro atoms. The van der Waals surface area contributed by atoms with Gasteiger partial charge in [0, 0.05) is 35.6 Å². The Bertz CT molecular complexity index is 1510. The number of hydrogen-bond acceptors (Lipinski definition) is 12. The summed E-state index contributed by atoms with van der Waals surface area (Å²) in [7, 11) is 1.95. The number of anilines is 3. The number of benzene rings is 1. The molecule has 1 aromatic carbocycles. The zero-order valence-corrected chi connectivity index (χ0v) is 23.6. The van der Waals surface area contributed by atoms with Crippen molar-refractivity contribution in [2.75, 3.05) is 30.4 Å². The number of methoxy groups -OCH3 is 1. The summed E-state index contributed by atoms with van der Waals surface area (Å²) in [6, 6.07) is 8.37. The minimum absolute atomic E-state index is 0.0275. The third-order valence-electron chi connectivity index (χ3n) is 6.51. The van der Waals surface area contributed by atoms with Crippen molar-refractivity contribution < 1.29 is 24.1 Å². The average molecular weight is 575 g/mol. The summed E-state index contributed by atoms with van der Waals surface area (Å²) < 4.78 is 10.9. The van der Waals surface area contributed by atoms with E-state index < -0.39 is 24.5 Å². The van der Waals surface area contributed by atoms with Gasteiger partial charge in [0.1, 0.15) is 24.5 Å². The molecule has 0 amide bonds. The molecule has 12 nitrogen and oxygen atoms in total. The Morgan fingerprint density at radius 2 is 2.20 bits per heavy atom. The summed E-state index contributed by atoms with van der Waals surface area (Å²) in [5, 5.41) is 25.8. The van der Waals surface area contributed by atoms with Crippen molar-refractivity contribution in [2.45, 2.75) is 32.1 Å². The summed E-state index contributed by atoms with van der Waals surface area (Å²) in [5.41, 5.74) is 2.42. The fourth-order valence-electron chi connectivity index (χ4n) is 4.67. The normalized spacial score (nSPS) is 16.3. The van der Waals surface area contributed by atoms with Gasteiger partial charge in [0.15, 0.2) is 0 Å². The van der Waals surface area contributed by atoms with Crippen LogP contribution in [0.1, 0.15) is 25.0 Å². The number of carbonyl (C=O) groups excluding carboxylic acids is 2. The number of ether oxygens (including phenoxy) is 2. The molecule has 2 aromatic heterocycles. The van der Waals surface area contributed by atoms with Crippen LogP contribution in [0.5, 0.6) is 5.88 Å². The lowest BCUT2D eigenvalue weighted by Crippen LogP contribution is -2.45. The van der Waals surface area contributed by atoms with Gasteiger partial charge in [-0.15, -0.1) is 0 Å². The number of nitrogens with zero attached hydrogens (tertiary/aromatic N) is 5. The Morgan fingerprint density at radius 3 is 2.88 bits per heavy atom.